The van der Waals surface area contributed by atoms with Gasteiger partial charge in [-0.2, -0.15) is 0 Å². The lowest BCUT2D eigenvalue weighted by atomic mass is 9.96. The average molecular weight is 318 g/mol. The second-order valence-corrected chi connectivity index (χ2v) is 6.52. The Kier molecular flexibility index (Phi) is 6.46. The minimum atomic E-state index is 0.0587. The molecule has 4 nitrogen and oxygen atoms in total. The number of hydrogen-bond acceptors (Lipinski definition) is 3. The molecule has 1 aliphatic rings. The highest BCUT2D eigenvalue weighted by Gasteiger charge is 2.22. The van der Waals surface area contributed by atoms with E-state index in [2.05, 4.69) is 31.3 Å². The van der Waals surface area contributed by atoms with Crippen molar-refractivity contribution in [1.82, 2.24) is 10.2 Å². The molecule has 0 spiro atoms. The largest absolute Gasteiger partial charge is 0.493 e. The summed E-state index contributed by atoms with van der Waals surface area (Å²) in [5.41, 5.74) is 3.66. The number of nitrogens with one attached hydrogen (secondary N) is 1. The van der Waals surface area contributed by atoms with Crippen LogP contribution in [-0.2, 0) is 11.2 Å². The van der Waals surface area contributed by atoms with Crippen LogP contribution in [0.25, 0.3) is 0 Å². The van der Waals surface area contributed by atoms with Gasteiger partial charge in [0.15, 0.2) is 0 Å². The zero-order valence-corrected chi connectivity index (χ0v) is 14.9. The molecule has 0 radical (unpaired) electrons. The molecule has 1 N–H and O–H groups in total. The van der Waals surface area contributed by atoms with Gasteiger partial charge in [-0.3, -0.25) is 4.79 Å². The molecule has 1 fully saturated rings. The topological polar surface area (TPSA) is 41.6 Å². The summed E-state index contributed by atoms with van der Waals surface area (Å²) in [7, 11) is 0. The Morgan fingerprint density at radius 1 is 1.30 bits per heavy atom. The summed E-state index contributed by atoms with van der Waals surface area (Å²) in [5, 5.41) is 3.29. The first kappa shape index (κ1) is 17.8. The van der Waals surface area contributed by atoms with Crippen LogP contribution in [0.3, 0.4) is 0 Å². The Balaban J connectivity index is 2.00. The predicted octanol–water partition coefficient (Wildman–Crippen LogP) is 2.70. The van der Waals surface area contributed by atoms with Gasteiger partial charge in [-0.05, 0) is 44.7 Å². The first-order chi connectivity index (χ1) is 11.0. The van der Waals surface area contributed by atoms with Crippen molar-refractivity contribution in [2.75, 3.05) is 32.8 Å². The Hall–Kier alpha value is -1.55. The average Bonchev–Trinajstić information content (AvgIpc) is 2.55. The van der Waals surface area contributed by atoms with Crippen LogP contribution < -0.4 is 10.1 Å². The maximum atomic E-state index is 12.5. The fourth-order valence-corrected chi connectivity index (χ4v) is 3.27. The van der Waals surface area contributed by atoms with Crippen LogP contribution in [0.2, 0.25) is 0 Å². The van der Waals surface area contributed by atoms with E-state index in [4.69, 9.17) is 4.74 Å². The van der Waals surface area contributed by atoms with E-state index < -0.39 is 0 Å². The normalized spacial score (nSPS) is 16.3. The van der Waals surface area contributed by atoms with Crippen molar-refractivity contribution >= 4 is 5.91 Å². The van der Waals surface area contributed by atoms with Crippen LogP contribution in [0, 0.1) is 19.8 Å². The Morgan fingerprint density at radius 3 is 2.65 bits per heavy atom. The molecule has 1 aromatic carbocycles. The number of carbonyl (C=O) groups is 1. The van der Waals surface area contributed by atoms with Crippen molar-refractivity contribution in [2.45, 2.75) is 40.5 Å². The summed E-state index contributed by atoms with van der Waals surface area (Å²) in [6, 6.07) is 4.35. The van der Waals surface area contributed by atoms with Crippen molar-refractivity contribution in [3.63, 3.8) is 0 Å². The molecule has 0 aromatic heterocycles. The highest BCUT2D eigenvalue weighted by molar-refractivity contribution is 5.78. The highest BCUT2D eigenvalue weighted by Crippen LogP contribution is 2.27. The molecule has 1 heterocycles. The van der Waals surface area contributed by atoms with Crippen LogP contribution in [0.5, 0.6) is 5.75 Å². The standard InChI is InChI=1S/C19H30N2O2/c1-5-23-18-16(4)12-14(2)13-17(18)7-6-15(3)19(22)21-10-8-20-9-11-21/h12-13,15,20H,5-11H2,1-4H3. The summed E-state index contributed by atoms with van der Waals surface area (Å²) in [4.78, 5) is 14.5. The maximum Gasteiger partial charge on any atom is 0.225 e. The van der Waals surface area contributed by atoms with Gasteiger partial charge in [-0.15, -0.1) is 0 Å². The number of aryl methyl sites for hydroxylation is 3. The Bertz CT molecular complexity index is 536. The second kappa shape index (κ2) is 8.34. The van der Waals surface area contributed by atoms with Crippen molar-refractivity contribution in [2.24, 2.45) is 5.92 Å². The van der Waals surface area contributed by atoms with Crippen molar-refractivity contribution in [3.8, 4) is 5.75 Å². The first-order valence-corrected chi connectivity index (χ1v) is 8.75. The van der Waals surface area contributed by atoms with E-state index in [9.17, 15) is 4.79 Å². The SMILES string of the molecule is CCOc1c(C)cc(C)cc1CCC(C)C(=O)N1CCNCC1. The summed E-state index contributed by atoms with van der Waals surface area (Å²) in [5.74, 6) is 1.34. The van der Waals surface area contributed by atoms with Gasteiger partial charge in [-0.25, -0.2) is 0 Å². The number of carbonyl (C=O) groups excluding carboxylic acids is 1. The lowest BCUT2D eigenvalue weighted by Crippen LogP contribution is -2.48. The smallest absolute Gasteiger partial charge is 0.225 e. The van der Waals surface area contributed by atoms with E-state index in [0.29, 0.717) is 6.61 Å². The van der Waals surface area contributed by atoms with Gasteiger partial charge in [0, 0.05) is 32.1 Å². The van der Waals surface area contributed by atoms with Gasteiger partial charge >= 0.3 is 0 Å². The number of rotatable bonds is 6. The molecule has 1 unspecified atom stereocenters. The lowest BCUT2D eigenvalue weighted by Gasteiger charge is -2.30. The number of piperazine rings is 1. The zero-order valence-electron chi connectivity index (χ0n) is 14.9. The van der Waals surface area contributed by atoms with Gasteiger partial charge in [0.1, 0.15) is 5.75 Å². The molecule has 0 aliphatic carbocycles. The summed E-state index contributed by atoms with van der Waals surface area (Å²) in [6.07, 6.45) is 1.75. The Morgan fingerprint density at radius 2 is 2.00 bits per heavy atom. The van der Waals surface area contributed by atoms with Gasteiger partial charge in [0.05, 0.1) is 6.61 Å². The van der Waals surface area contributed by atoms with Crippen LogP contribution >= 0.6 is 0 Å². The molecule has 0 saturated carbocycles. The predicted molar refractivity (Wildman–Crippen MR) is 94.0 cm³/mol. The van der Waals surface area contributed by atoms with Crippen LogP contribution in [0.15, 0.2) is 12.1 Å². The molecular weight excluding hydrogens is 288 g/mol. The van der Waals surface area contributed by atoms with Crippen molar-refractivity contribution in [3.05, 3.63) is 28.8 Å². The number of benzene rings is 1. The lowest BCUT2D eigenvalue weighted by molar-refractivity contribution is -0.135. The molecule has 1 aliphatic heterocycles. The second-order valence-electron chi connectivity index (χ2n) is 6.52. The number of nitrogens with zero attached hydrogens (tertiary/aromatic N) is 1. The zero-order chi connectivity index (χ0) is 16.8. The third-order valence-corrected chi connectivity index (χ3v) is 4.48. The van der Waals surface area contributed by atoms with Gasteiger partial charge in [0.25, 0.3) is 0 Å². The van der Waals surface area contributed by atoms with E-state index in [0.717, 1.165) is 44.8 Å². The van der Waals surface area contributed by atoms with Crippen LogP contribution in [0.1, 0.15) is 37.0 Å². The first-order valence-electron chi connectivity index (χ1n) is 8.75. The highest BCUT2D eigenvalue weighted by atomic mass is 16.5. The quantitative estimate of drug-likeness (QED) is 0.877. The minimum absolute atomic E-state index is 0.0587. The molecule has 128 valence electrons. The fraction of sp³-hybridized carbons (Fsp3) is 0.632. The molecule has 1 aromatic rings. The van der Waals surface area contributed by atoms with E-state index in [-0.39, 0.29) is 11.8 Å². The van der Waals surface area contributed by atoms with Gasteiger partial charge < -0.3 is 15.0 Å². The van der Waals surface area contributed by atoms with Crippen molar-refractivity contribution < 1.29 is 9.53 Å². The molecule has 4 heteroatoms. The molecule has 1 amide bonds. The van der Waals surface area contributed by atoms with E-state index in [1.807, 2.05) is 18.7 Å². The van der Waals surface area contributed by atoms with Gasteiger partial charge in [-0.1, -0.05) is 24.6 Å². The fourth-order valence-electron chi connectivity index (χ4n) is 3.27. The third kappa shape index (κ3) is 4.71. The summed E-state index contributed by atoms with van der Waals surface area (Å²) in [6.45, 7) is 12.4. The van der Waals surface area contributed by atoms with E-state index in [1.165, 1.54) is 16.7 Å². The minimum Gasteiger partial charge on any atom is -0.493 e. The van der Waals surface area contributed by atoms with E-state index >= 15 is 0 Å². The van der Waals surface area contributed by atoms with Crippen LogP contribution in [-0.4, -0.2) is 43.6 Å². The monoisotopic (exact) mass is 318 g/mol. The van der Waals surface area contributed by atoms with Crippen molar-refractivity contribution in [1.29, 1.82) is 0 Å². The molecule has 1 saturated heterocycles. The van der Waals surface area contributed by atoms with Gasteiger partial charge in [0.2, 0.25) is 5.91 Å². The number of ether oxygens (including phenoxy) is 1. The van der Waals surface area contributed by atoms with Crippen LogP contribution in [0.4, 0.5) is 0 Å². The Labute approximate surface area is 140 Å². The number of amides is 1. The molecule has 0 bridgehead atoms. The molecule has 2 rings (SSSR count). The molecular formula is C19H30N2O2. The molecule has 1 atom stereocenters. The third-order valence-electron chi connectivity index (χ3n) is 4.48. The summed E-state index contributed by atoms with van der Waals surface area (Å²) < 4.78 is 5.83. The van der Waals surface area contributed by atoms with E-state index in [1.54, 1.807) is 0 Å². The maximum absolute atomic E-state index is 12.5. The summed E-state index contributed by atoms with van der Waals surface area (Å²) >= 11 is 0. The number of hydrogen-bond donors (Lipinski definition) is 1. The molecule has 23 heavy (non-hydrogen) atoms.